The molecule has 0 bridgehead atoms. The molecule has 1 atom stereocenters. The summed E-state index contributed by atoms with van der Waals surface area (Å²) < 4.78 is 118. The van der Waals surface area contributed by atoms with Gasteiger partial charge in [-0.25, -0.2) is 105 Å². The summed E-state index contributed by atoms with van der Waals surface area (Å²) in [6.07, 6.45) is 12.9. The van der Waals surface area contributed by atoms with Crippen LogP contribution >= 0.6 is 0 Å². The van der Waals surface area contributed by atoms with Crippen molar-refractivity contribution in [1.29, 1.82) is 0 Å². The van der Waals surface area contributed by atoms with Gasteiger partial charge in [-0.05, 0) is 38.5 Å². The quantitative estimate of drug-likeness (QED) is 0.0246. The molecular formula is C98H134N6O41. The van der Waals surface area contributed by atoms with E-state index >= 15 is 0 Å². The highest BCUT2D eigenvalue weighted by Gasteiger charge is 2.45. The number of esters is 14. The van der Waals surface area contributed by atoms with Gasteiger partial charge < -0.3 is 115 Å². The molecule has 1 aromatic heterocycles. The fraction of sp³-hybridized carbons (Fsp3) is 0.510. The van der Waals surface area contributed by atoms with Gasteiger partial charge in [0.2, 0.25) is 0 Å². The van der Waals surface area contributed by atoms with Crippen LogP contribution in [0.25, 0.3) is 0 Å². The maximum absolute atomic E-state index is 14.4. The molecule has 1 aromatic rings. The minimum atomic E-state index is -1.75. The van der Waals surface area contributed by atoms with Gasteiger partial charge >= 0.3 is 119 Å². The third-order valence-corrected chi connectivity index (χ3v) is 20.3. The molecule has 0 aromatic carbocycles. The Balaban J connectivity index is 3.73. The lowest BCUT2D eigenvalue weighted by atomic mass is 9.90. The predicted octanol–water partition coefficient (Wildman–Crippen LogP) is 5.24. The largest absolute Gasteiger partial charge is 0.465 e. The van der Waals surface area contributed by atoms with Gasteiger partial charge in [-0.3, -0.25) is 4.79 Å². The van der Waals surface area contributed by atoms with E-state index in [2.05, 4.69) is 108 Å². The van der Waals surface area contributed by atoms with Crippen LogP contribution < -0.4 is 33.0 Å². The highest BCUT2D eigenvalue weighted by molar-refractivity contribution is 5.86. The predicted molar refractivity (Wildman–Crippen MR) is 512 cm³/mol. The molecule has 47 nitrogen and oxygen atoms in total. The smallest absolute Gasteiger partial charge is 0.407 e. The van der Waals surface area contributed by atoms with Gasteiger partial charge in [-0.15, -0.1) is 6.58 Å². The second-order valence-electron chi connectivity index (χ2n) is 32.7. The first-order chi connectivity index (χ1) is 69.2. The van der Waals surface area contributed by atoms with E-state index in [0.29, 0.717) is 44.9 Å². The zero-order valence-electron chi connectivity index (χ0n) is 82.0. The highest BCUT2D eigenvalue weighted by Crippen LogP contribution is 2.31. The number of ether oxygens (including phenoxy) is 21. The molecule has 0 aliphatic heterocycles. The van der Waals surface area contributed by atoms with E-state index < -0.39 is 303 Å². The summed E-state index contributed by atoms with van der Waals surface area (Å²) in [6.45, 7) is 34.0. The third-order valence-electron chi connectivity index (χ3n) is 20.3. The number of rotatable bonds is 84. The SMILES string of the molecule is C=CCOCC(COCC(COC(=O)C=C)(COC(=O)C=C)COC(=O)C=C)(COC(=O)C=C)COC(=O)NCCCCCCn1c(=O)n(CCCCCCNC(=O)OCC(COCC(COC(C)=O)(COC(=O)C=C)COC(=O)C=C)(COC(=O)C=C)COC(=O)C=C)c(=O)n(CCCCCCNC(=O)OCC(COCC(COC(=O)C=C)(COC(=O)C=C)COC(=O)C=C)(COC(=O)C=C)COC(=O)C=C)c1=O. The van der Waals surface area contributed by atoms with Gasteiger partial charge in [0, 0.05) is 125 Å². The standard InChI is InChI=1S/C98H134N6O41/c1-16-48-125-49-93(57-130-74(106)17-2,50-126-52-95(60-133-77(109)20-5,61-134-78(110)21-6)62-135-79(111)22-7)70-143-87(119)99-42-36-30-33-39-45-102-90(122)103(46-40-34-31-37-43-100-88(120)144-71-97(66-139-83(115)26-11,67-140-84(116)27-12)54-127-51-94(56-129-73(15)105,58-131-75(107)18-3)59-132-76(108)19-4)92(124)104(91(102)123)47-41-35-32-38-44-101-89(121)145-72-98(68-141-85(117)28-13,69-142-86(118)29-14)55-128-53-96(63-136-80(112)23-8,64-137-81(113)24-9)65-138-82(114)25-10/h16-29H,1-14,30-72H2,15H3,(H,99,119)(H,100,120)(H,101,121). The van der Waals surface area contributed by atoms with Gasteiger partial charge in [0.1, 0.15) is 112 Å². The van der Waals surface area contributed by atoms with Gasteiger partial charge in [0.15, 0.2) is 0 Å². The van der Waals surface area contributed by atoms with Crippen LogP contribution in [0.2, 0.25) is 0 Å². The summed E-state index contributed by atoms with van der Waals surface area (Å²) in [7, 11) is 0. The van der Waals surface area contributed by atoms with Crippen molar-refractivity contribution >= 4 is 102 Å². The lowest BCUT2D eigenvalue weighted by molar-refractivity contribution is -0.171. The van der Waals surface area contributed by atoms with Crippen LogP contribution in [-0.4, -0.2) is 300 Å². The second-order valence-corrected chi connectivity index (χ2v) is 32.7. The Morgan fingerprint density at radius 2 is 0.366 bits per heavy atom. The van der Waals surface area contributed by atoms with Gasteiger partial charge in [0.25, 0.3) is 0 Å². The lowest BCUT2D eigenvalue weighted by Crippen LogP contribution is -2.54. The number of aromatic nitrogens is 3. The van der Waals surface area contributed by atoms with Crippen molar-refractivity contribution in [3.63, 3.8) is 0 Å². The molecule has 0 saturated carbocycles. The minimum Gasteiger partial charge on any atom is -0.465 e. The summed E-state index contributed by atoms with van der Waals surface area (Å²) in [5.41, 5.74) is -12.7. The summed E-state index contributed by atoms with van der Waals surface area (Å²) in [6, 6.07) is 0. The van der Waals surface area contributed by atoms with Crippen LogP contribution in [0.15, 0.2) is 192 Å². The molecule has 145 heavy (non-hydrogen) atoms. The van der Waals surface area contributed by atoms with Crippen LogP contribution in [-0.2, 0) is 186 Å². The minimum absolute atomic E-state index is 0.0150. The Labute approximate surface area is 838 Å². The maximum Gasteiger partial charge on any atom is 0.407 e. The van der Waals surface area contributed by atoms with Crippen molar-refractivity contribution < 1.29 is 181 Å². The zero-order valence-corrected chi connectivity index (χ0v) is 82.0. The van der Waals surface area contributed by atoms with Crippen LogP contribution in [0, 0.1) is 32.5 Å². The number of carbonyl (C=O) groups is 17. The van der Waals surface area contributed by atoms with Crippen molar-refractivity contribution in [2.24, 2.45) is 32.5 Å². The van der Waals surface area contributed by atoms with Crippen molar-refractivity contribution in [2.45, 2.75) is 104 Å². The fourth-order valence-electron chi connectivity index (χ4n) is 12.1. The van der Waals surface area contributed by atoms with Crippen molar-refractivity contribution in [1.82, 2.24) is 29.7 Å². The van der Waals surface area contributed by atoms with Crippen LogP contribution in [0.5, 0.6) is 0 Å². The molecule has 0 saturated heterocycles. The molecule has 1 rings (SSSR count). The van der Waals surface area contributed by atoms with Gasteiger partial charge in [-0.1, -0.05) is 130 Å². The van der Waals surface area contributed by atoms with E-state index in [1.807, 2.05) is 0 Å². The van der Waals surface area contributed by atoms with E-state index in [4.69, 9.17) is 99.5 Å². The normalized spacial score (nSPS) is 11.4. The first kappa shape index (κ1) is 128. The average Bonchev–Trinajstić information content (AvgIpc) is 0.782. The van der Waals surface area contributed by atoms with E-state index in [1.54, 1.807) is 0 Å². The molecule has 3 amide bonds. The van der Waals surface area contributed by atoms with Crippen molar-refractivity contribution in [3.05, 3.63) is 209 Å². The first-order valence-electron chi connectivity index (χ1n) is 45.2. The summed E-state index contributed by atoms with van der Waals surface area (Å²) >= 11 is 0. The topological polar surface area (TPSA) is 586 Å². The average molecular weight is 2050 g/mol. The molecule has 1 unspecified atom stereocenters. The molecule has 0 fully saturated rings. The second kappa shape index (κ2) is 72.3. The Kier molecular flexibility index (Phi) is 63.8. The van der Waals surface area contributed by atoms with E-state index in [0.717, 1.165) is 99.6 Å². The van der Waals surface area contributed by atoms with E-state index in [9.17, 15) is 95.9 Å². The van der Waals surface area contributed by atoms with Crippen LogP contribution in [0.3, 0.4) is 0 Å². The Morgan fingerprint density at radius 1 is 0.214 bits per heavy atom. The number of hydrogen-bond donors (Lipinski definition) is 3. The monoisotopic (exact) mass is 2050 g/mol. The Morgan fingerprint density at radius 3 is 0.531 bits per heavy atom. The molecule has 47 heteroatoms. The zero-order chi connectivity index (χ0) is 109. The van der Waals surface area contributed by atoms with Crippen LogP contribution in [0.4, 0.5) is 14.4 Å². The highest BCUT2D eigenvalue weighted by atomic mass is 16.6. The number of hydrogen-bond acceptors (Lipinski definition) is 41. The molecular weight excluding hydrogens is 1920 g/mol. The first-order valence-corrected chi connectivity index (χ1v) is 45.2. The summed E-state index contributed by atoms with van der Waals surface area (Å²) in [4.78, 5) is 257. The Hall–Kier alpha value is -15.0. The molecule has 802 valence electrons. The summed E-state index contributed by atoms with van der Waals surface area (Å²) in [5.74, 6) is -12.8. The summed E-state index contributed by atoms with van der Waals surface area (Å²) in [5, 5.41) is 7.80. The lowest BCUT2D eigenvalue weighted by Gasteiger charge is -2.35. The maximum atomic E-state index is 14.4. The van der Waals surface area contributed by atoms with Crippen molar-refractivity contribution in [2.75, 3.05) is 185 Å². The number of unbranched alkanes of at least 4 members (excludes halogenated alkanes) is 9. The molecule has 1 heterocycles. The Bertz CT molecular complexity index is 4570. The molecule has 0 radical (unpaired) electrons. The van der Waals surface area contributed by atoms with Gasteiger partial charge in [0.05, 0.1) is 85.3 Å². The number of nitrogens with one attached hydrogen (secondary N) is 3. The van der Waals surface area contributed by atoms with Crippen molar-refractivity contribution in [3.8, 4) is 0 Å². The molecule has 0 spiro atoms. The number of nitrogens with zero attached hydrogens (tertiary/aromatic N) is 3. The number of amides is 3. The molecule has 3 N–H and O–H groups in total. The van der Waals surface area contributed by atoms with E-state index in [1.165, 1.54) is 6.08 Å². The number of carbonyl (C=O) groups excluding carboxylic acids is 17. The van der Waals surface area contributed by atoms with E-state index in [-0.39, 0.29) is 84.6 Å². The molecule has 0 aliphatic rings. The van der Waals surface area contributed by atoms with Gasteiger partial charge in [-0.2, -0.15) is 0 Å². The number of alkyl carbamates (subject to hydrolysis) is 3. The third kappa shape index (κ3) is 53.6. The van der Waals surface area contributed by atoms with Crippen LogP contribution in [0.1, 0.15) is 84.0 Å². The fourth-order valence-corrected chi connectivity index (χ4v) is 12.1. The molecule has 0 aliphatic carbocycles.